The van der Waals surface area contributed by atoms with Crippen molar-refractivity contribution >= 4 is 0 Å². The van der Waals surface area contributed by atoms with Gasteiger partial charge in [-0.1, -0.05) is 11.6 Å². The first-order valence-electron chi connectivity index (χ1n) is 3.69. The number of allylic oxidation sites excluding steroid dienone is 4. The third-order valence-corrected chi connectivity index (χ3v) is 2.35. The van der Waals surface area contributed by atoms with Crippen molar-refractivity contribution in [3.8, 4) is 0 Å². The molecule has 0 aliphatic carbocycles. The standard InChI is InChI=1S/C9H15N/c1-7-5-6-8(2)10(4)9(7)3/h6H,5H2,1-4H3. The van der Waals surface area contributed by atoms with E-state index in [0.29, 0.717) is 0 Å². The molecule has 0 bridgehead atoms. The summed E-state index contributed by atoms with van der Waals surface area (Å²) in [6.45, 7) is 6.51. The van der Waals surface area contributed by atoms with Gasteiger partial charge in [0, 0.05) is 18.4 Å². The Morgan fingerprint density at radius 1 is 1.30 bits per heavy atom. The minimum Gasteiger partial charge on any atom is -0.353 e. The summed E-state index contributed by atoms with van der Waals surface area (Å²) in [4.78, 5) is 2.23. The van der Waals surface area contributed by atoms with Gasteiger partial charge in [-0.2, -0.15) is 0 Å². The van der Waals surface area contributed by atoms with E-state index in [9.17, 15) is 0 Å². The summed E-state index contributed by atoms with van der Waals surface area (Å²) >= 11 is 0. The average molecular weight is 137 g/mol. The first-order chi connectivity index (χ1) is 4.63. The van der Waals surface area contributed by atoms with Gasteiger partial charge in [0.15, 0.2) is 0 Å². The molecule has 1 heteroatoms. The van der Waals surface area contributed by atoms with Crippen LogP contribution in [0.1, 0.15) is 27.2 Å². The molecule has 0 spiro atoms. The molecule has 1 rings (SSSR count). The van der Waals surface area contributed by atoms with Crippen LogP contribution in [0.4, 0.5) is 0 Å². The molecule has 0 saturated carbocycles. The minimum absolute atomic E-state index is 1.13. The van der Waals surface area contributed by atoms with Crippen LogP contribution < -0.4 is 0 Å². The van der Waals surface area contributed by atoms with E-state index in [1.165, 1.54) is 17.0 Å². The van der Waals surface area contributed by atoms with E-state index in [0.717, 1.165) is 6.42 Å². The van der Waals surface area contributed by atoms with Gasteiger partial charge in [0.05, 0.1) is 0 Å². The van der Waals surface area contributed by atoms with Crippen molar-refractivity contribution in [1.29, 1.82) is 0 Å². The van der Waals surface area contributed by atoms with Crippen molar-refractivity contribution < 1.29 is 0 Å². The third kappa shape index (κ3) is 1.08. The Morgan fingerprint density at radius 3 is 2.40 bits per heavy atom. The second-order valence-electron chi connectivity index (χ2n) is 2.97. The van der Waals surface area contributed by atoms with Crippen molar-refractivity contribution in [2.24, 2.45) is 0 Å². The van der Waals surface area contributed by atoms with Crippen LogP contribution in [0, 0.1) is 0 Å². The molecule has 0 aromatic carbocycles. The Labute approximate surface area is 63.0 Å². The van der Waals surface area contributed by atoms with Crippen LogP contribution in [-0.2, 0) is 0 Å². The minimum atomic E-state index is 1.13. The summed E-state index contributed by atoms with van der Waals surface area (Å²) in [7, 11) is 2.11. The lowest BCUT2D eigenvalue weighted by molar-refractivity contribution is 0.499. The molecule has 0 aromatic heterocycles. The summed E-state index contributed by atoms with van der Waals surface area (Å²) in [5, 5.41) is 0. The van der Waals surface area contributed by atoms with Crippen molar-refractivity contribution in [2.75, 3.05) is 7.05 Å². The maximum atomic E-state index is 2.27. The molecule has 56 valence electrons. The van der Waals surface area contributed by atoms with Crippen LogP contribution in [0.25, 0.3) is 0 Å². The quantitative estimate of drug-likeness (QED) is 0.496. The highest BCUT2D eigenvalue weighted by molar-refractivity contribution is 5.22. The monoisotopic (exact) mass is 137 g/mol. The van der Waals surface area contributed by atoms with Crippen molar-refractivity contribution in [3.63, 3.8) is 0 Å². The van der Waals surface area contributed by atoms with E-state index < -0.39 is 0 Å². The van der Waals surface area contributed by atoms with E-state index in [-0.39, 0.29) is 0 Å². The molecule has 0 saturated heterocycles. The Morgan fingerprint density at radius 2 is 1.90 bits per heavy atom. The van der Waals surface area contributed by atoms with E-state index in [2.05, 4.69) is 38.8 Å². The number of hydrogen-bond donors (Lipinski definition) is 0. The van der Waals surface area contributed by atoms with Crippen LogP contribution in [0.5, 0.6) is 0 Å². The molecule has 1 aliphatic rings. The van der Waals surface area contributed by atoms with Crippen LogP contribution >= 0.6 is 0 Å². The predicted molar refractivity (Wildman–Crippen MR) is 44.5 cm³/mol. The Kier molecular flexibility index (Phi) is 1.84. The Bertz CT molecular complexity index is 199. The summed E-state index contributed by atoms with van der Waals surface area (Å²) in [5.41, 5.74) is 4.25. The van der Waals surface area contributed by atoms with Crippen molar-refractivity contribution in [3.05, 3.63) is 23.0 Å². The van der Waals surface area contributed by atoms with Gasteiger partial charge in [-0.05, 0) is 27.2 Å². The van der Waals surface area contributed by atoms with Crippen molar-refractivity contribution in [2.45, 2.75) is 27.2 Å². The van der Waals surface area contributed by atoms with E-state index >= 15 is 0 Å². The lowest BCUT2D eigenvalue weighted by Crippen LogP contribution is -2.17. The largest absolute Gasteiger partial charge is 0.353 e. The average Bonchev–Trinajstić information content (AvgIpc) is 1.93. The second-order valence-corrected chi connectivity index (χ2v) is 2.97. The third-order valence-electron chi connectivity index (χ3n) is 2.35. The van der Waals surface area contributed by atoms with Gasteiger partial charge in [-0.3, -0.25) is 0 Å². The van der Waals surface area contributed by atoms with Gasteiger partial charge in [0.1, 0.15) is 0 Å². The molecule has 0 radical (unpaired) electrons. The molecular weight excluding hydrogens is 122 g/mol. The van der Waals surface area contributed by atoms with Gasteiger partial charge < -0.3 is 4.90 Å². The van der Waals surface area contributed by atoms with Crippen LogP contribution in [0.3, 0.4) is 0 Å². The summed E-state index contributed by atoms with van der Waals surface area (Å²) < 4.78 is 0. The first-order valence-corrected chi connectivity index (χ1v) is 3.69. The zero-order valence-electron chi connectivity index (χ0n) is 7.23. The zero-order valence-corrected chi connectivity index (χ0v) is 7.23. The molecule has 1 nitrogen and oxygen atoms in total. The Balaban J connectivity index is 2.86. The van der Waals surface area contributed by atoms with E-state index in [1.807, 2.05) is 0 Å². The lowest BCUT2D eigenvalue weighted by atomic mass is 10.1. The van der Waals surface area contributed by atoms with Crippen LogP contribution in [0.15, 0.2) is 23.0 Å². The fourth-order valence-electron chi connectivity index (χ4n) is 1.14. The molecule has 0 N–H and O–H groups in total. The molecule has 0 amide bonds. The number of hydrogen-bond acceptors (Lipinski definition) is 1. The normalized spacial score (nSPS) is 19.6. The smallest absolute Gasteiger partial charge is 0.0135 e. The highest BCUT2D eigenvalue weighted by Crippen LogP contribution is 2.21. The van der Waals surface area contributed by atoms with Gasteiger partial charge in [-0.25, -0.2) is 0 Å². The maximum Gasteiger partial charge on any atom is 0.0135 e. The molecule has 1 aliphatic heterocycles. The van der Waals surface area contributed by atoms with Gasteiger partial charge in [0.2, 0.25) is 0 Å². The topological polar surface area (TPSA) is 3.24 Å². The zero-order chi connectivity index (χ0) is 7.72. The molecule has 0 aromatic rings. The summed E-state index contributed by atoms with van der Waals surface area (Å²) in [6.07, 6.45) is 3.39. The lowest BCUT2D eigenvalue weighted by Gasteiger charge is -2.26. The fraction of sp³-hybridized carbons (Fsp3) is 0.556. The van der Waals surface area contributed by atoms with E-state index in [1.54, 1.807) is 0 Å². The fourth-order valence-corrected chi connectivity index (χ4v) is 1.14. The highest BCUT2D eigenvalue weighted by Gasteiger charge is 2.08. The predicted octanol–water partition coefficient (Wildman–Crippen LogP) is 2.52. The van der Waals surface area contributed by atoms with Gasteiger partial charge >= 0.3 is 0 Å². The van der Waals surface area contributed by atoms with Crippen LogP contribution in [0.2, 0.25) is 0 Å². The van der Waals surface area contributed by atoms with Crippen molar-refractivity contribution in [1.82, 2.24) is 4.90 Å². The summed E-state index contributed by atoms with van der Waals surface area (Å²) in [6, 6.07) is 0. The SMILES string of the molecule is CC1=CCC(C)=C(C)N1C. The Hall–Kier alpha value is -0.720. The number of nitrogens with zero attached hydrogens (tertiary/aromatic N) is 1. The number of rotatable bonds is 0. The van der Waals surface area contributed by atoms with E-state index in [4.69, 9.17) is 0 Å². The van der Waals surface area contributed by atoms with Gasteiger partial charge in [0.25, 0.3) is 0 Å². The molecule has 0 fully saturated rings. The summed E-state index contributed by atoms with van der Waals surface area (Å²) in [5.74, 6) is 0. The first kappa shape index (κ1) is 7.39. The molecular formula is C9H15N. The molecule has 10 heavy (non-hydrogen) atoms. The highest BCUT2D eigenvalue weighted by atomic mass is 15.1. The maximum absolute atomic E-state index is 2.27. The molecule has 0 unspecified atom stereocenters. The second kappa shape index (κ2) is 2.49. The molecule has 1 heterocycles. The van der Waals surface area contributed by atoms with Crippen LogP contribution in [-0.4, -0.2) is 11.9 Å². The molecule has 0 atom stereocenters. The van der Waals surface area contributed by atoms with Gasteiger partial charge in [-0.15, -0.1) is 0 Å².